The molecule has 2 aliphatic heterocycles. The Morgan fingerprint density at radius 2 is 1.88 bits per heavy atom. The predicted octanol–water partition coefficient (Wildman–Crippen LogP) is 4.26. The average molecular weight is 316 g/mol. The summed E-state index contributed by atoms with van der Waals surface area (Å²) in [6.07, 6.45) is 14.3. The molecule has 3 heteroatoms. The van der Waals surface area contributed by atoms with Crippen LogP contribution in [-0.4, -0.2) is 15.4 Å². The molecule has 3 nitrogen and oxygen atoms in total. The van der Waals surface area contributed by atoms with Crippen molar-refractivity contribution in [3.8, 4) is 0 Å². The van der Waals surface area contributed by atoms with Crippen LogP contribution in [0.15, 0.2) is 67.1 Å². The van der Waals surface area contributed by atoms with Crippen LogP contribution in [0.1, 0.15) is 46.4 Å². The molecule has 120 valence electrons. The lowest BCUT2D eigenvalue weighted by molar-refractivity contribution is 0.0869. The molecular weight excluding hydrogens is 296 g/mol. The largest absolute Gasteiger partial charge is 0.343 e. The molecule has 0 fully saturated rings. The van der Waals surface area contributed by atoms with Gasteiger partial charge in [0.15, 0.2) is 0 Å². The van der Waals surface area contributed by atoms with Crippen molar-refractivity contribution in [2.45, 2.75) is 31.2 Å². The van der Waals surface area contributed by atoms with Crippen LogP contribution in [0.4, 0.5) is 0 Å². The third kappa shape index (κ3) is 1.94. The Hall–Kier alpha value is -2.55. The number of aromatic nitrogens is 1. The highest BCUT2D eigenvalue weighted by molar-refractivity contribution is 5.95. The summed E-state index contributed by atoms with van der Waals surface area (Å²) in [5.74, 6) is 1.09. The van der Waals surface area contributed by atoms with Gasteiger partial charge in [-0.25, -0.2) is 0 Å². The van der Waals surface area contributed by atoms with Gasteiger partial charge >= 0.3 is 0 Å². The maximum Gasteiger partial charge on any atom is 0.261 e. The molecule has 5 rings (SSSR count). The second-order valence-electron chi connectivity index (χ2n) is 6.96. The van der Waals surface area contributed by atoms with E-state index in [9.17, 15) is 4.79 Å². The second kappa shape index (κ2) is 5.23. The van der Waals surface area contributed by atoms with Gasteiger partial charge in [-0.05, 0) is 49.1 Å². The monoisotopic (exact) mass is 316 g/mol. The maximum atomic E-state index is 12.7. The summed E-state index contributed by atoms with van der Waals surface area (Å²) in [4.78, 5) is 14.4. The van der Waals surface area contributed by atoms with E-state index < -0.39 is 0 Å². The number of amides is 1. The zero-order valence-corrected chi connectivity index (χ0v) is 13.5. The van der Waals surface area contributed by atoms with E-state index in [-0.39, 0.29) is 5.91 Å². The highest BCUT2D eigenvalue weighted by Gasteiger charge is 2.41. The summed E-state index contributed by atoms with van der Waals surface area (Å²) in [6.45, 7) is 0. The second-order valence-corrected chi connectivity index (χ2v) is 6.96. The van der Waals surface area contributed by atoms with Gasteiger partial charge in [-0.3, -0.25) is 9.69 Å². The molecule has 1 aromatic carbocycles. The first-order chi connectivity index (χ1) is 11.8. The van der Waals surface area contributed by atoms with E-state index in [0.29, 0.717) is 17.9 Å². The number of nitrogens with zero attached hydrogens (tertiary/aromatic N) is 2. The summed E-state index contributed by atoms with van der Waals surface area (Å²) in [6, 6.07) is 12.1. The number of benzene rings is 1. The molecule has 0 saturated heterocycles. The SMILES string of the molecule is O=C(c1ccccc1)N1C=CC2C3CCCc4ccn(c43)C2C=C1. The molecule has 3 heterocycles. The Bertz CT molecular complexity index is 846. The van der Waals surface area contributed by atoms with Crippen molar-refractivity contribution in [2.75, 3.05) is 0 Å². The average Bonchev–Trinajstić information content (AvgIpc) is 3.11. The highest BCUT2D eigenvalue weighted by atomic mass is 16.2. The van der Waals surface area contributed by atoms with Gasteiger partial charge in [0, 0.05) is 41.7 Å². The molecule has 0 bridgehead atoms. The molecule has 2 aromatic rings. The molecule has 0 N–H and O–H groups in total. The molecule has 0 saturated carbocycles. The van der Waals surface area contributed by atoms with E-state index in [0.717, 1.165) is 5.56 Å². The number of hydrogen-bond acceptors (Lipinski definition) is 1. The summed E-state index contributed by atoms with van der Waals surface area (Å²) in [7, 11) is 0. The van der Waals surface area contributed by atoms with Gasteiger partial charge in [-0.1, -0.05) is 24.3 Å². The summed E-state index contributed by atoms with van der Waals surface area (Å²) in [5.41, 5.74) is 3.78. The lowest BCUT2D eigenvalue weighted by Crippen LogP contribution is -2.19. The number of fused-ring (bicyclic) bond motifs is 3. The Morgan fingerprint density at radius 1 is 1.04 bits per heavy atom. The first kappa shape index (κ1) is 13.8. The number of carbonyl (C=O) groups is 1. The van der Waals surface area contributed by atoms with Crippen molar-refractivity contribution in [1.82, 2.24) is 9.47 Å². The van der Waals surface area contributed by atoms with Crippen molar-refractivity contribution in [3.05, 3.63) is 84.0 Å². The third-order valence-corrected chi connectivity index (χ3v) is 5.70. The number of carbonyl (C=O) groups excluding carboxylic acids is 1. The Balaban J connectivity index is 1.50. The fourth-order valence-corrected chi connectivity index (χ4v) is 4.61. The van der Waals surface area contributed by atoms with E-state index in [2.05, 4.69) is 29.0 Å². The minimum atomic E-state index is 0.0279. The molecule has 1 amide bonds. The zero-order chi connectivity index (χ0) is 16.1. The Labute approximate surface area is 141 Å². The predicted molar refractivity (Wildman–Crippen MR) is 93.5 cm³/mol. The van der Waals surface area contributed by atoms with Crippen LogP contribution >= 0.6 is 0 Å². The zero-order valence-electron chi connectivity index (χ0n) is 13.5. The van der Waals surface area contributed by atoms with Gasteiger partial charge in [0.05, 0.1) is 6.04 Å². The van der Waals surface area contributed by atoms with Gasteiger partial charge in [-0.2, -0.15) is 0 Å². The lowest BCUT2D eigenvalue weighted by atomic mass is 9.79. The fourth-order valence-electron chi connectivity index (χ4n) is 4.61. The van der Waals surface area contributed by atoms with Crippen LogP contribution in [0, 0.1) is 5.92 Å². The summed E-state index contributed by atoms with van der Waals surface area (Å²) in [5, 5.41) is 0. The smallest absolute Gasteiger partial charge is 0.261 e. The van der Waals surface area contributed by atoms with E-state index >= 15 is 0 Å². The van der Waals surface area contributed by atoms with Gasteiger partial charge in [0.1, 0.15) is 0 Å². The Morgan fingerprint density at radius 3 is 2.75 bits per heavy atom. The highest BCUT2D eigenvalue weighted by Crippen LogP contribution is 2.50. The number of aryl methyl sites for hydroxylation is 1. The van der Waals surface area contributed by atoms with Crippen molar-refractivity contribution >= 4 is 5.91 Å². The normalized spacial score (nSPS) is 26.8. The minimum Gasteiger partial charge on any atom is -0.343 e. The van der Waals surface area contributed by atoms with Crippen molar-refractivity contribution in [2.24, 2.45) is 5.92 Å². The Kier molecular flexibility index (Phi) is 3.02. The molecule has 3 atom stereocenters. The third-order valence-electron chi connectivity index (χ3n) is 5.70. The lowest BCUT2D eigenvalue weighted by Gasteiger charge is -2.23. The molecule has 1 aromatic heterocycles. The molecular formula is C21H20N2O. The molecule has 3 aliphatic rings. The molecule has 3 unspecified atom stereocenters. The van der Waals surface area contributed by atoms with Crippen LogP contribution in [0.2, 0.25) is 0 Å². The molecule has 0 radical (unpaired) electrons. The topological polar surface area (TPSA) is 25.2 Å². The van der Waals surface area contributed by atoms with Crippen molar-refractivity contribution in [3.63, 3.8) is 0 Å². The van der Waals surface area contributed by atoms with Gasteiger partial charge < -0.3 is 4.57 Å². The quantitative estimate of drug-likeness (QED) is 0.771. The van der Waals surface area contributed by atoms with Crippen molar-refractivity contribution in [1.29, 1.82) is 0 Å². The number of allylic oxidation sites excluding steroid dienone is 2. The number of hydrogen-bond donors (Lipinski definition) is 0. The fraction of sp³-hybridized carbons (Fsp3) is 0.286. The molecule has 1 aliphatic carbocycles. The number of rotatable bonds is 1. The van der Waals surface area contributed by atoms with Crippen molar-refractivity contribution < 1.29 is 4.79 Å². The van der Waals surface area contributed by atoms with E-state index in [1.54, 1.807) is 4.90 Å². The van der Waals surface area contributed by atoms with Crippen LogP contribution < -0.4 is 0 Å². The van der Waals surface area contributed by atoms with Crippen LogP contribution in [-0.2, 0) is 6.42 Å². The van der Waals surface area contributed by atoms with Gasteiger partial charge in [-0.15, -0.1) is 0 Å². The van der Waals surface area contributed by atoms with E-state index in [1.807, 2.05) is 42.7 Å². The summed E-state index contributed by atoms with van der Waals surface area (Å²) < 4.78 is 2.43. The first-order valence-corrected chi connectivity index (χ1v) is 8.77. The first-order valence-electron chi connectivity index (χ1n) is 8.77. The van der Waals surface area contributed by atoms with Gasteiger partial charge in [0.2, 0.25) is 0 Å². The van der Waals surface area contributed by atoms with Gasteiger partial charge in [0.25, 0.3) is 5.91 Å². The minimum absolute atomic E-state index is 0.0279. The van der Waals surface area contributed by atoms with E-state index in [1.165, 1.54) is 30.5 Å². The standard InChI is InChI=1S/C21H20N2O/c24-21(16-5-2-1-3-6-16)22-12-10-17-18-8-4-7-15-9-14-23(20(15)18)19(17)11-13-22/h1-3,5-6,9-14,17-19H,4,7-8H2. The van der Waals surface area contributed by atoms with Crippen LogP contribution in [0.25, 0.3) is 0 Å². The van der Waals surface area contributed by atoms with E-state index in [4.69, 9.17) is 0 Å². The van der Waals surface area contributed by atoms with Crippen LogP contribution in [0.5, 0.6) is 0 Å². The molecule has 24 heavy (non-hydrogen) atoms. The summed E-state index contributed by atoms with van der Waals surface area (Å²) >= 11 is 0. The van der Waals surface area contributed by atoms with Crippen LogP contribution in [0.3, 0.4) is 0 Å². The molecule has 0 spiro atoms. The maximum absolute atomic E-state index is 12.7.